The molecule has 164 valence electrons. The lowest BCUT2D eigenvalue weighted by atomic mass is 9.90. The summed E-state index contributed by atoms with van der Waals surface area (Å²) in [5.74, 6) is 0.301. The number of carbonyl (C=O) groups is 1. The highest BCUT2D eigenvalue weighted by atomic mass is 35.5. The van der Waals surface area contributed by atoms with E-state index in [9.17, 15) is 4.79 Å². The van der Waals surface area contributed by atoms with Crippen molar-refractivity contribution in [1.82, 2.24) is 24.9 Å². The van der Waals surface area contributed by atoms with Gasteiger partial charge in [-0.1, -0.05) is 30.7 Å². The quantitative estimate of drug-likeness (QED) is 0.484. The molecule has 1 aliphatic heterocycles. The fraction of sp³-hybridized carbons (Fsp3) is 0.304. The van der Waals surface area contributed by atoms with Gasteiger partial charge in [-0.25, -0.2) is 0 Å². The van der Waals surface area contributed by atoms with E-state index in [4.69, 9.17) is 16.0 Å². The molecule has 32 heavy (non-hydrogen) atoms. The Bertz CT molecular complexity index is 1240. The second-order valence-corrected chi connectivity index (χ2v) is 8.47. The molecule has 0 bridgehead atoms. The Morgan fingerprint density at radius 1 is 1.22 bits per heavy atom. The van der Waals surface area contributed by atoms with Crippen LogP contribution in [0.4, 0.5) is 6.01 Å². The number of benzene rings is 2. The monoisotopic (exact) mass is 450 g/mol. The van der Waals surface area contributed by atoms with E-state index in [0.29, 0.717) is 52.4 Å². The number of fused-ring (bicyclic) bond motifs is 1. The Hall–Kier alpha value is -3.39. The predicted octanol–water partition coefficient (Wildman–Crippen LogP) is 4.41. The molecule has 1 fully saturated rings. The molecule has 1 N–H and O–H groups in total. The summed E-state index contributed by atoms with van der Waals surface area (Å²) in [5.41, 5.74) is 2.62. The van der Waals surface area contributed by atoms with Gasteiger partial charge in [-0.3, -0.25) is 4.79 Å². The highest BCUT2D eigenvalue weighted by Crippen LogP contribution is 2.28. The van der Waals surface area contributed by atoms with Gasteiger partial charge in [-0.05, 0) is 49.1 Å². The Kier molecular flexibility index (Phi) is 5.53. The lowest BCUT2D eigenvalue weighted by Crippen LogP contribution is -2.51. The molecule has 8 nitrogen and oxygen atoms in total. The van der Waals surface area contributed by atoms with Gasteiger partial charge in [0.2, 0.25) is 0 Å². The fourth-order valence-electron chi connectivity index (χ4n) is 4.30. The van der Waals surface area contributed by atoms with Gasteiger partial charge < -0.3 is 14.6 Å². The number of para-hydroxylation sites is 1. The van der Waals surface area contributed by atoms with Gasteiger partial charge in [0.15, 0.2) is 5.58 Å². The van der Waals surface area contributed by atoms with Crippen LogP contribution in [0.25, 0.3) is 16.8 Å². The van der Waals surface area contributed by atoms with Crippen molar-refractivity contribution < 1.29 is 9.21 Å². The molecule has 3 heterocycles. The molecule has 0 radical (unpaired) electrons. The molecule has 2 aromatic carbocycles. The maximum Gasteiger partial charge on any atom is 0.295 e. The summed E-state index contributed by atoms with van der Waals surface area (Å²) in [6.07, 6.45) is 5.23. The number of nitrogens with one attached hydrogen (secondary N) is 1. The van der Waals surface area contributed by atoms with Crippen LogP contribution in [0.2, 0.25) is 5.02 Å². The lowest BCUT2D eigenvalue weighted by Gasteiger charge is -2.40. The smallest absolute Gasteiger partial charge is 0.295 e. The highest BCUT2D eigenvalue weighted by Gasteiger charge is 2.33. The van der Waals surface area contributed by atoms with Crippen LogP contribution in [0.5, 0.6) is 0 Å². The Morgan fingerprint density at radius 2 is 2.03 bits per heavy atom. The van der Waals surface area contributed by atoms with Crippen molar-refractivity contribution in [2.45, 2.75) is 25.8 Å². The average molecular weight is 451 g/mol. The number of carbonyl (C=O) groups excluding carboxylic acids is 1. The molecule has 1 saturated heterocycles. The first kappa shape index (κ1) is 20.5. The molecule has 1 unspecified atom stereocenters. The van der Waals surface area contributed by atoms with Crippen LogP contribution in [0.1, 0.15) is 30.1 Å². The number of likely N-dealkylation sites (tertiary alicyclic amines) is 1. The number of halogens is 1. The molecule has 2 aromatic heterocycles. The van der Waals surface area contributed by atoms with Crippen LogP contribution in [0, 0.1) is 5.92 Å². The summed E-state index contributed by atoms with van der Waals surface area (Å²) in [6.45, 7) is 3.41. The van der Waals surface area contributed by atoms with Crippen molar-refractivity contribution in [1.29, 1.82) is 0 Å². The fourth-order valence-corrected chi connectivity index (χ4v) is 4.47. The van der Waals surface area contributed by atoms with E-state index < -0.39 is 0 Å². The van der Waals surface area contributed by atoms with Crippen molar-refractivity contribution >= 4 is 34.6 Å². The highest BCUT2D eigenvalue weighted by molar-refractivity contribution is 6.31. The molecule has 1 aliphatic rings. The van der Waals surface area contributed by atoms with E-state index in [-0.39, 0.29) is 11.9 Å². The number of aromatic nitrogens is 4. The molecule has 0 saturated carbocycles. The van der Waals surface area contributed by atoms with E-state index >= 15 is 0 Å². The second-order valence-electron chi connectivity index (χ2n) is 8.03. The second kappa shape index (κ2) is 8.63. The Morgan fingerprint density at radius 3 is 2.88 bits per heavy atom. The lowest BCUT2D eigenvalue weighted by molar-refractivity contribution is 0.0539. The van der Waals surface area contributed by atoms with Crippen molar-refractivity contribution in [3.8, 4) is 5.69 Å². The number of hydrogen-bond donors (Lipinski definition) is 1. The van der Waals surface area contributed by atoms with Crippen LogP contribution in [0.15, 0.2) is 59.3 Å². The zero-order valence-corrected chi connectivity index (χ0v) is 18.4. The number of hydrogen-bond acceptors (Lipinski definition) is 6. The van der Waals surface area contributed by atoms with Gasteiger partial charge in [0, 0.05) is 18.1 Å². The number of anilines is 1. The molecule has 5 rings (SSSR count). The summed E-state index contributed by atoms with van der Waals surface area (Å²) < 4.78 is 5.79. The first-order valence-electron chi connectivity index (χ1n) is 10.7. The maximum atomic E-state index is 13.6. The van der Waals surface area contributed by atoms with Crippen molar-refractivity contribution in [2.24, 2.45) is 5.92 Å². The summed E-state index contributed by atoms with van der Waals surface area (Å²) in [5, 5.41) is 12.3. The summed E-state index contributed by atoms with van der Waals surface area (Å²) >= 11 is 6.05. The number of nitrogens with zero attached hydrogens (tertiary/aromatic N) is 5. The summed E-state index contributed by atoms with van der Waals surface area (Å²) in [7, 11) is 0. The molecular weight excluding hydrogens is 428 g/mol. The molecule has 2 atom stereocenters. The molecule has 4 aromatic rings. The standard InChI is InChI=1S/C23H23ClN6O2/c1-15-5-4-12-29(22(31)17-6-2-3-7-19(17)30-26-10-11-27-30)20(15)14-25-23-28-18-13-16(24)8-9-21(18)32-23/h2-3,6-11,13,15,20H,4-5,12,14H2,1H3,(H,25,28)/t15-,20?/m1/s1. The van der Waals surface area contributed by atoms with E-state index in [1.54, 1.807) is 30.6 Å². The summed E-state index contributed by atoms with van der Waals surface area (Å²) in [4.78, 5) is 21.5. The van der Waals surface area contributed by atoms with Gasteiger partial charge in [0.25, 0.3) is 11.9 Å². The molecular formula is C23H23ClN6O2. The van der Waals surface area contributed by atoms with E-state index in [1.807, 2.05) is 29.2 Å². The van der Waals surface area contributed by atoms with Crippen LogP contribution >= 0.6 is 11.6 Å². The number of rotatable bonds is 5. The van der Waals surface area contributed by atoms with Gasteiger partial charge in [-0.15, -0.1) is 0 Å². The average Bonchev–Trinajstić information content (AvgIpc) is 3.47. The number of oxazole rings is 1. The minimum Gasteiger partial charge on any atom is -0.424 e. The first-order valence-corrected chi connectivity index (χ1v) is 11.0. The first-order chi connectivity index (χ1) is 15.6. The van der Waals surface area contributed by atoms with Crippen molar-refractivity contribution in [3.63, 3.8) is 0 Å². The van der Waals surface area contributed by atoms with Crippen LogP contribution in [0.3, 0.4) is 0 Å². The maximum absolute atomic E-state index is 13.6. The largest absolute Gasteiger partial charge is 0.424 e. The Balaban J connectivity index is 1.38. The normalized spacial score (nSPS) is 18.8. The number of amides is 1. The topological polar surface area (TPSA) is 89.1 Å². The van der Waals surface area contributed by atoms with E-state index in [2.05, 4.69) is 27.4 Å². The van der Waals surface area contributed by atoms with Crippen LogP contribution in [-0.2, 0) is 0 Å². The molecule has 0 spiro atoms. The molecule has 9 heteroatoms. The minimum absolute atomic E-state index is 0.00603. The van der Waals surface area contributed by atoms with Gasteiger partial charge >= 0.3 is 0 Å². The van der Waals surface area contributed by atoms with Gasteiger partial charge in [-0.2, -0.15) is 20.0 Å². The van der Waals surface area contributed by atoms with Crippen molar-refractivity contribution in [3.05, 3.63) is 65.4 Å². The zero-order valence-electron chi connectivity index (χ0n) is 17.6. The number of piperidine rings is 1. The third-order valence-corrected chi connectivity index (χ3v) is 6.19. The van der Waals surface area contributed by atoms with Crippen LogP contribution < -0.4 is 5.32 Å². The SMILES string of the molecule is C[C@@H]1CCCN(C(=O)c2ccccc2-n2nccn2)C1CNc1nc2cc(Cl)ccc2o1. The molecule has 0 aliphatic carbocycles. The minimum atomic E-state index is -0.0272. The van der Waals surface area contributed by atoms with E-state index in [1.165, 1.54) is 4.80 Å². The zero-order chi connectivity index (χ0) is 22.1. The summed E-state index contributed by atoms with van der Waals surface area (Å²) in [6, 6.07) is 13.2. The molecule has 1 amide bonds. The Labute approximate surface area is 190 Å². The van der Waals surface area contributed by atoms with Gasteiger partial charge in [0.1, 0.15) is 5.52 Å². The third-order valence-electron chi connectivity index (χ3n) is 5.96. The van der Waals surface area contributed by atoms with Gasteiger partial charge in [0.05, 0.1) is 29.7 Å². The van der Waals surface area contributed by atoms with Crippen LogP contribution in [-0.4, -0.2) is 49.9 Å². The van der Waals surface area contributed by atoms with Crippen molar-refractivity contribution in [2.75, 3.05) is 18.4 Å². The van der Waals surface area contributed by atoms with E-state index in [0.717, 1.165) is 12.8 Å². The third kappa shape index (κ3) is 3.93. The predicted molar refractivity (Wildman–Crippen MR) is 122 cm³/mol.